The Kier molecular flexibility index (Phi) is 8.10. The molecule has 0 saturated carbocycles. The molecule has 37 heavy (non-hydrogen) atoms. The number of hydrogen-bond donors (Lipinski definition) is 2. The van der Waals surface area contributed by atoms with E-state index in [0.29, 0.717) is 12.3 Å². The molecule has 2 heterocycles. The number of fused-ring (bicyclic) bond motifs is 1. The predicted octanol–water partition coefficient (Wildman–Crippen LogP) is 5.85. The minimum absolute atomic E-state index is 0.219. The van der Waals surface area contributed by atoms with Crippen molar-refractivity contribution < 1.29 is 18.7 Å². The van der Waals surface area contributed by atoms with Gasteiger partial charge in [0.05, 0.1) is 6.61 Å². The zero-order chi connectivity index (χ0) is 25.5. The van der Waals surface area contributed by atoms with Gasteiger partial charge in [-0.25, -0.2) is 14.2 Å². The van der Waals surface area contributed by atoms with Gasteiger partial charge in [-0.2, -0.15) is 4.98 Å². The van der Waals surface area contributed by atoms with Crippen LogP contribution in [0.5, 0.6) is 5.75 Å². The Hall–Kier alpha value is -3.72. The molecule has 1 atom stereocenters. The summed E-state index contributed by atoms with van der Waals surface area (Å²) < 4.78 is 25.9. The lowest BCUT2D eigenvalue weighted by Crippen LogP contribution is -2.31. The molecule has 2 aliphatic rings. The summed E-state index contributed by atoms with van der Waals surface area (Å²) in [5, 5.41) is 5.61. The quantitative estimate of drug-likeness (QED) is 0.353. The SMILES string of the molecule is O=C(Nc1ccnc(Nc2ccc(OCCCN3CCCCC3)c(F)c2)n1)OC1CCc2ccccc21. The fourth-order valence-electron chi connectivity index (χ4n) is 4.87. The number of nitrogens with zero attached hydrogens (tertiary/aromatic N) is 3. The molecule has 5 rings (SSSR count). The van der Waals surface area contributed by atoms with Crippen molar-refractivity contribution in [3.8, 4) is 5.75 Å². The molecule has 3 aromatic rings. The number of benzene rings is 2. The number of halogens is 1. The molecule has 1 amide bonds. The van der Waals surface area contributed by atoms with Crippen molar-refractivity contribution in [2.75, 3.05) is 36.9 Å². The molecule has 0 bridgehead atoms. The zero-order valence-corrected chi connectivity index (χ0v) is 20.8. The Bertz CT molecular complexity index is 1220. The van der Waals surface area contributed by atoms with E-state index in [9.17, 15) is 9.18 Å². The normalized spacial score (nSPS) is 17.2. The van der Waals surface area contributed by atoms with E-state index in [-0.39, 0.29) is 23.6 Å². The number of piperidine rings is 1. The number of ether oxygens (including phenoxy) is 2. The molecular formula is C28H32FN5O3. The first-order chi connectivity index (χ1) is 18.1. The summed E-state index contributed by atoms with van der Waals surface area (Å²) in [5.41, 5.74) is 2.72. The zero-order valence-electron chi connectivity index (χ0n) is 20.8. The van der Waals surface area contributed by atoms with Gasteiger partial charge >= 0.3 is 6.09 Å². The van der Waals surface area contributed by atoms with Gasteiger partial charge in [-0.05, 0) is 74.5 Å². The number of rotatable bonds is 9. The fourth-order valence-corrected chi connectivity index (χ4v) is 4.87. The van der Waals surface area contributed by atoms with Crippen molar-refractivity contribution in [2.24, 2.45) is 0 Å². The summed E-state index contributed by atoms with van der Waals surface area (Å²) in [7, 11) is 0. The lowest BCUT2D eigenvalue weighted by atomic mass is 10.1. The molecule has 194 valence electrons. The van der Waals surface area contributed by atoms with Crippen LogP contribution in [0.25, 0.3) is 0 Å². The maximum Gasteiger partial charge on any atom is 0.413 e. The van der Waals surface area contributed by atoms with Gasteiger partial charge in [-0.1, -0.05) is 30.7 Å². The minimum Gasteiger partial charge on any atom is -0.490 e. The second-order valence-corrected chi connectivity index (χ2v) is 9.40. The first-order valence-corrected chi connectivity index (χ1v) is 12.9. The van der Waals surface area contributed by atoms with Gasteiger partial charge in [0.2, 0.25) is 5.95 Å². The molecule has 1 unspecified atom stereocenters. The van der Waals surface area contributed by atoms with Crippen LogP contribution in [0.1, 0.15) is 49.3 Å². The van der Waals surface area contributed by atoms with E-state index in [0.717, 1.165) is 44.5 Å². The van der Waals surface area contributed by atoms with Crippen LogP contribution in [0.15, 0.2) is 54.7 Å². The van der Waals surface area contributed by atoms with Crippen LogP contribution in [0, 0.1) is 5.82 Å². The topological polar surface area (TPSA) is 88.6 Å². The van der Waals surface area contributed by atoms with Crippen molar-refractivity contribution in [3.05, 3.63) is 71.7 Å². The Morgan fingerprint density at radius 1 is 1.11 bits per heavy atom. The second-order valence-electron chi connectivity index (χ2n) is 9.40. The lowest BCUT2D eigenvalue weighted by molar-refractivity contribution is 0.112. The summed E-state index contributed by atoms with van der Waals surface area (Å²) in [4.78, 5) is 23.3. The van der Waals surface area contributed by atoms with Gasteiger partial charge < -0.3 is 19.7 Å². The molecule has 1 aromatic heterocycles. The molecule has 2 N–H and O–H groups in total. The Balaban J connectivity index is 1.11. The maximum atomic E-state index is 14.6. The van der Waals surface area contributed by atoms with Crippen LogP contribution in [0.4, 0.5) is 26.6 Å². The number of likely N-dealkylation sites (tertiary alicyclic amines) is 1. The van der Waals surface area contributed by atoms with Crippen molar-refractivity contribution >= 4 is 23.5 Å². The Morgan fingerprint density at radius 2 is 1.97 bits per heavy atom. The van der Waals surface area contributed by atoms with Crippen LogP contribution >= 0.6 is 0 Å². The van der Waals surface area contributed by atoms with Gasteiger partial charge in [0.1, 0.15) is 11.9 Å². The Morgan fingerprint density at radius 3 is 2.84 bits per heavy atom. The summed E-state index contributed by atoms with van der Waals surface area (Å²) in [5.74, 6) is 0.260. The molecule has 8 nitrogen and oxygen atoms in total. The average Bonchev–Trinajstić information content (AvgIpc) is 3.31. The largest absolute Gasteiger partial charge is 0.490 e. The van der Waals surface area contributed by atoms with Gasteiger partial charge in [-0.3, -0.25) is 5.32 Å². The van der Waals surface area contributed by atoms with Crippen molar-refractivity contribution in [1.29, 1.82) is 0 Å². The van der Waals surface area contributed by atoms with E-state index in [1.54, 1.807) is 18.2 Å². The number of nitrogens with one attached hydrogen (secondary N) is 2. The lowest BCUT2D eigenvalue weighted by Gasteiger charge is -2.26. The van der Waals surface area contributed by atoms with E-state index in [1.165, 1.54) is 37.1 Å². The molecule has 1 aliphatic heterocycles. The molecule has 1 saturated heterocycles. The molecule has 1 fully saturated rings. The molecule has 9 heteroatoms. The van der Waals surface area contributed by atoms with E-state index in [4.69, 9.17) is 9.47 Å². The van der Waals surface area contributed by atoms with Gasteiger partial charge in [-0.15, -0.1) is 0 Å². The average molecular weight is 506 g/mol. The van der Waals surface area contributed by atoms with Crippen LogP contribution in [0.2, 0.25) is 0 Å². The number of hydrogen-bond acceptors (Lipinski definition) is 7. The van der Waals surface area contributed by atoms with Crippen molar-refractivity contribution in [2.45, 2.75) is 44.6 Å². The molecule has 2 aromatic carbocycles. The molecular weight excluding hydrogens is 473 g/mol. The summed E-state index contributed by atoms with van der Waals surface area (Å²) in [6.07, 6.45) is 6.98. The standard InChI is InChI=1S/C28H32FN5O3/c29-23-19-21(10-12-25(23)36-18-6-17-34-15-4-1-5-16-34)31-27-30-14-13-26(32-27)33-28(35)37-24-11-9-20-7-2-3-8-22(20)24/h2-3,7-8,10,12-14,19,24H,1,4-6,9,11,15-18H2,(H2,30,31,32,33,35). The van der Waals surface area contributed by atoms with Crippen LogP contribution in [-0.4, -0.2) is 47.2 Å². The number of amides is 1. The van der Waals surface area contributed by atoms with E-state index >= 15 is 0 Å². The number of carbonyl (C=O) groups is 1. The minimum atomic E-state index is -0.584. The third-order valence-electron chi connectivity index (χ3n) is 6.73. The first kappa shape index (κ1) is 25.0. The molecule has 0 spiro atoms. The third kappa shape index (κ3) is 6.74. The first-order valence-electron chi connectivity index (χ1n) is 12.9. The highest BCUT2D eigenvalue weighted by atomic mass is 19.1. The third-order valence-corrected chi connectivity index (χ3v) is 6.73. The highest BCUT2D eigenvalue weighted by Gasteiger charge is 2.25. The van der Waals surface area contributed by atoms with Crippen LogP contribution in [-0.2, 0) is 11.2 Å². The van der Waals surface area contributed by atoms with Crippen LogP contribution < -0.4 is 15.4 Å². The van der Waals surface area contributed by atoms with E-state index in [2.05, 4.69) is 31.6 Å². The number of anilines is 3. The fraction of sp³-hybridized carbons (Fsp3) is 0.393. The summed E-state index contributed by atoms with van der Waals surface area (Å²) in [6, 6.07) is 14.2. The van der Waals surface area contributed by atoms with E-state index in [1.807, 2.05) is 18.2 Å². The summed E-state index contributed by atoms with van der Waals surface area (Å²) in [6.45, 7) is 3.73. The summed E-state index contributed by atoms with van der Waals surface area (Å²) >= 11 is 0. The maximum absolute atomic E-state index is 14.6. The molecule has 0 radical (unpaired) electrons. The van der Waals surface area contributed by atoms with Crippen molar-refractivity contribution in [1.82, 2.24) is 14.9 Å². The number of aryl methyl sites for hydroxylation is 1. The smallest absolute Gasteiger partial charge is 0.413 e. The van der Waals surface area contributed by atoms with Crippen molar-refractivity contribution in [3.63, 3.8) is 0 Å². The number of carbonyl (C=O) groups excluding carboxylic acids is 1. The highest BCUT2D eigenvalue weighted by Crippen LogP contribution is 2.34. The van der Waals surface area contributed by atoms with Gasteiger partial charge in [0.25, 0.3) is 0 Å². The van der Waals surface area contributed by atoms with Gasteiger partial charge in [0, 0.05) is 24.5 Å². The Labute approximate surface area is 216 Å². The number of aromatic nitrogens is 2. The van der Waals surface area contributed by atoms with Gasteiger partial charge in [0.15, 0.2) is 11.6 Å². The monoisotopic (exact) mass is 505 g/mol. The highest BCUT2D eigenvalue weighted by molar-refractivity contribution is 5.83. The van der Waals surface area contributed by atoms with Crippen LogP contribution in [0.3, 0.4) is 0 Å². The second kappa shape index (κ2) is 12.0. The molecule has 1 aliphatic carbocycles. The van der Waals surface area contributed by atoms with E-state index < -0.39 is 11.9 Å². The predicted molar refractivity (Wildman–Crippen MR) is 140 cm³/mol.